The molecule has 5 heteroatoms. The van der Waals surface area contributed by atoms with Gasteiger partial charge in [0.2, 0.25) is 0 Å². The molecule has 110 valence electrons. The van der Waals surface area contributed by atoms with E-state index in [-0.39, 0.29) is 17.0 Å². The monoisotopic (exact) mass is 348 g/mol. The Hall–Kier alpha value is -1.72. The maximum atomic E-state index is 12.2. The summed E-state index contributed by atoms with van der Waals surface area (Å²) in [5.41, 5.74) is 1.39. The topological polar surface area (TPSA) is 51.2 Å². The zero-order chi connectivity index (χ0) is 15.1. The van der Waals surface area contributed by atoms with E-state index in [9.17, 15) is 4.79 Å². The Morgan fingerprint density at radius 2 is 1.95 bits per heavy atom. The Labute approximate surface area is 132 Å². The number of aromatic nitrogens is 1. The van der Waals surface area contributed by atoms with Crippen molar-refractivity contribution in [2.45, 2.75) is 18.0 Å². The smallest absolute Gasteiger partial charge is 0.270 e. The van der Waals surface area contributed by atoms with Gasteiger partial charge in [-0.25, -0.2) is 0 Å². The lowest BCUT2D eigenvalue weighted by molar-refractivity contribution is 0.0815. The number of amides is 1. The van der Waals surface area contributed by atoms with E-state index in [2.05, 4.69) is 26.2 Å². The Bertz CT molecular complexity index is 561. The summed E-state index contributed by atoms with van der Waals surface area (Å²) in [6.45, 7) is 2.28. The molecule has 1 aromatic carbocycles. The fourth-order valence-electron chi connectivity index (χ4n) is 1.86. The minimum Gasteiger partial charge on any atom is -0.365 e. The number of ether oxygens (including phenoxy) is 1. The molecule has 1 N–H and O–H groups in total. The molecular formula is C16H17BrN2O2. The highest BCUT2D eigenvalue weighted by Gasteiger charge is 2.17. The summed E-state index contributed by atoms with van der Waals surface area (Å²) >= 11 is 3.34. The molecule has 2 unspecified atom stereocenters. The van der Waals surface area contributed by atoms with Crippen molar-refractivity contribution in [2.24, 2.45) is 0 Å². The molecule has 0 saturated carbocycles. The van der Waals surface area contributed by atoms with Gasteiger partial charge in [0, 0.05) is 6.20 Å². The summed E-state index contributed by atoms with van der Waals surface area (Å²) in [4.78, 5) is 16.3. The van der Waals surface area contributed by atoms with Crippen molar-refractivity contribution in [3.63, 3.8) is 0 Å². The Balaban J connectivity index is 2.10. The number of nitrogens with zero attached hydrogens (tertiary/aromatic N) is 1. The van der Waals surface area contributed by atoms with E-state index in [1.54, 1.807) is 24.4 Å². The van der Waals surface area contributed by atoms with Crippen molar-refractivity contribution >= 4 is 21.8 Å². The molecule has 0 fully saturated rings. The average Bonchev–Trinajstić information content (AvgIpc) is 2.52. The van der Waals surface area contributed by atoms with Gasteiger partial charge in [0.1, 0.15) is 10.7 Å². The van der Waals surface area contributed by atoms with Crippen LogP contribution in [0.25, 0.3) is 0 Å². The standard InChI is InChI=1S/C16H17BrN2O2/c1-12(17)21-11-15(13-7-3-2-4-8-13)19-16(20)14-9-5-6-10-18-14/h2-10,12,15H,11H2,1H3,(H,19,20). The Morgan fingerprint density at radius 3 is 2.57 bits per heavy atom. The molecule has 1 aromatic heterocycles. The summed E-state index contributed by atoms with van der Waals surface area (Å²) in [7, 11) is 0. The molecular weight excluding hydrogens is 332 g/mol. The number of nitrogens with one attached hydrogen (secondary N) is 1. The van der Waals surface area contributed by atoms with Crippen LogP contribution in [0.3, 0.4) is 0 Å². The molecule has 0 aliphatic heterocycles. The van der Waals surface area contributed by atoms with Crippen LogP contribution in [0.2, 0.25) is 0 Å². The van der Waals surface area contributed by atoms with Crippen molar-refractivity contribution in [2.75, 3.05) is 6.61 Å². The highest BCUT2D eigenvalue weighted by Crippen LogP contribution is 2.15. The largest absolute Gasteiger partial charge is 0.365 e. The number of pyridine rings is 1. The Morgan fingerprint density at radius 1 is 1.24 bits per heavy atom. The van der Waals surface area contributed by atoms with Crippen LogP contribution >= 0.6 is 15.9 Å². The maximum absolute atomic E-state index is 12.2. The number of alkyl halides is 1. The molecule has 0 spiro atoms. The van der Waals surface area contributed by atoms with Crippen LogP contribution in [-0.2, 0) is 4.74 Å². The molecule has 2 aromatic rings. The van der Waals surface area contributed by atoms with Crippen LogP contribution in [0.5, 0.6) is 0 Å². The van der Waals surface area contributed by atoms with Crippen LogP contribution in [0, 0.1) is 0 Å². The molecule has 1 amide bonds. The summed E-state index contributed by atoms with van der Waals surface area (Å²) < 4.78 is 5.58. The van der Waals surface area contributed by atoms with Crippen LogP contribution in [0.4, 0.5) is 0 Å². The van der Waals surface area contributed by atoms with Gasteiger partial charge < -0.3 is 10.1 Å². The first-order valence-corrected chi connectivity index (χ1v) is 7.61. The van der Waals surface area contributed by atoms with E-state index >= 15 is 0 Å². The van der Waals surface area contributed by atoms with Crippen molar-refractivity contribution in [3.05, 3.63) is 66.0 Å². The van der Waals surface area contributed by atoms with Crippen molar-refractivity contribution in [3.8, 4) is 0 Å². The first-order chi connectivity index (χ1) is 10.2. The van der Waals surface area contributed by atoms with E-state index in [0.29, 0.717) is 12.3 Å². The number of carbonyl (C=O) groups is 1. The molecule has 0 aliphatic carbocycles. The van der Waals surface area contributed by atoms with Gasteiger partial charge in [-0.15, -0.1) is 0 Å². The maximum Gasteiger partial charge on any atom is 0.270 e. The Kier molecular flexibility index (Phi) is 5.90. The van der Waals surface area contributed by atoms with Crippen molar-refractivity contribution in [1.29, 1.82) is 0 Å². The predicted molar refractivity (Wildman–Crippen MR) is 85.2 cm³/mol. The van der Waals surface area contributed by atoms with E-state index < -0.39 is 0 Å². The summed E-state index contributed by atoms with van der Waals surface area (Å²) in [6.07, 6.45) is 1.60. The minimum atomic E-state index is -0.222. The van der Waals surface area contributed by atoms with E-state index in [0.717, 1.165) is 5.56 Å². The summed E-state index contributed by atoms with van der Waals surface area (Å²) in [5.74, 6) is -0.213. The van der Waals surface area contributed by atoms with Gasteiger partial charge in [-0.3, -0.25) is 9.78 Å². The number of rotatable bonds is 6. The highest BCUT2D eigenvalue weighted by molar-refractivity contribution is 9.09. The second-order valence-corrected chi connectivity index (χ2v) is 5.82. The number of hydrogen-bond donors (Lipinski definition) is 1. The zero-order valence-corrected chi connectivity index (χ0v) is 13.3. The second kappa shape index (κ2) is 7.90. The van der Waals surface area contributed by atoms with E-state index in [4.69, 9.17) is 4.74 Å². The van der Waals surface area contributed by atoms with Crippen LogP contribution in [0.1, 0.15) is 29.0 Å². The van der Waals surface area contributed by atoms with Crippen molar-refractivity contribution < 1.29 is 9.53 Å². The number of benzene rings is 1. The highest BCUT2D eigenvalue weighted by atomic mass is 79.9. The third kappa shape index (κ3) is 4.95. The lowest BCUT2D eigenvalue weighted by Crippen LogP contribution is -2.32. The van der Waals surface area contributed by atoms with Crippen LogP contribution < -0.4 is 5.32 Å². The minimum absolute atomic E-state index is 0.0736. The quantitative estimate of drug-likeness (QED) is 0.814. The molecule has 0 saturated heterocycles. The van der Waals surface area contributed by atoms with Gasteiger partial charge >= 0.3 is 0 Å². The van der Waals surface area contributed by atoms with E-state index in [1.807, 2.05) is 37.3 Å². The zero-order valence-electron chi connectivity index (χ0n) is 11.7. The average molecular weight is 349 g/mol. The summed E-state index contributed by atoms with van der Waals surface area (Å²) in [5, 5.41) is 2.88. The van der Waals surface area contributed by atoms with Gasteiger partial charge in [0.15, 0.2) is 0 Å². The number of hydrogen-bond acceptors (Lipinski definition) is 3. The predicted octanol–water partition coefficient (Wildman–Crippen LogP) is 3.31. The van der Waals surface area contributed by atoms with Gasteiger partial charge in [-0.05, 0) is 24.6 Å². The van der Waals surface area contributed by atoms with Crippen molar-refractivity contribution in [1.82, 2.24) is 10.3 Å². The number of halogens is 1. The van der Waals surface area contributed by atoms with E-state index in [1.165, 1.54) is 0 Å². The third-order valence-corrected chi connectivity index (χ3v) is 3.16. The molecule has 0 bridgehead atoms. The van der Waals surface area contributed by atoms with Gasteiger partial charge in [0.25, 0.3) is 5.91 Å². The third-order valence-electron chi connectivity index (χ3n) is 2.90. The summed E-state index contributed by atoms with van der Waals surface area (Å²) in [6, 6.07) is 14.8. The molecule has 0 radical (unpaired) electrons. The van der Waals surface area contributed by atoms with Gasteiger partial charge in [-0.1, -0.05) is 52.3 Å². The first-order valence-electron chi connectivity index (χ1n) is 6.69. The molecule has 4 nitrogen and oxygen atoms in total. The molecule has 2 atom stereocenters. The first kappa shape index (κ1) is 15.7. The van der Waals surface area contributed by atoms with Gasteiger partial charge in [-0.2, -0.15) is 0 Å². The van der Waals surface area contributed by atoms with Crippen LogP contribution in [-0.4, -0.2) is 22.5 Å². The van der Waals surface area contributed by atoms with Gasteiger partial charge in [0.05, 0.1) is 12.6 Å². The van der Waals surface area contributed by atoms with Crippen LogP contribution in [0.15, 0.2) is 54.7 Å². The fraction of sp³-hybridized carbons (Fsp3) is 0.250. The fourth-order valence-corrected chi connectivity index (χ4v) is 2.02. The number of carbonyl (C=O) groups excluding carboxylic acids is 1. The second-order valence-electron chi connectivity index (χ2n) is 4.53. The normalized spacial score (nSPS) is 13.4. The lowest BCUT2D eigenvalue weighted by Gasteiger charge is -2.20. The molecule has 1 heterocycles. The molecule has 0 aliphatic rings. The lowest BCUT2D eigenvalue weighted by atomic mass is 10.1. The molecule has 21 heavy (non-hydrogen) atoms. The SMILES string of the molecule is CC(Br)OCC(NC(=O)c1ccccn1)c1ccccc1. The molecule has 2 rings (SSSR count).